The van der Waals surface area contributed by atoms with E-state index in [-0.39, 0.29) is 23.8 Å². The molecular formula is C28H39N5O3. The molecule has 2 aliphatic heterocycles. The van der Waals surface area contributed by atoms with Gasteiger partial charge in [0.1, 0.15) is 5.75 Å². The summed E-state index contributed by atoms with van der Waals surface area (Å²) in [7, 11) is 1.97. The van der Waals surface area contributed by atoms with Crippen LogP contribution < -0.4 is 10.2 Å². The largest absolute Gasteiger partial charge is 0.507 e. The molecule has 0 unspecified atom stereocenters. The highest BCUT2D eigenvalue weighted by atomic mass is 16.5. The summed E-state index contributed by atoms with van der Waals surface area (Å²) < 4.78 is 6.79. The predicted octanol–water partition coefficient (Wildman–Crippen LogP) is 3.75. The Kier molecular flexibility index (Phi) is 7.72. The van der Waals surface area contributed by atoms with Crippen molar-refractivity contribution in [3.8, 4) is 17.0 Å². The molecule has 5 rings (SSSR count). The van der Waals surface area contributed by atoms with Crippen molar-refractivity contribution in [2.75, 3.05) is 38.1 Å². The molecule has 3 fully saturated rings. The number of rotatable bonds is 6. The van der Waals surface area contributed by atoms with Crippen molar-refractivity contribution in [1.82, 2.24) is 20.4 Å². The molecule has 2 aromatic rings. The van der Waals surface area contributed by atoms with Crippen LogP contribution >= 0.6 is 0 Å². The Morgan fingerprint density at radius 3 is 2.56 bits per heavy atom. The van der Waals surface area contributed by atoms with E-state index in [0.29, 0.717) is 37.2 Å². The van der Waals surface area contributed by atoms with Crippen LogP contribution in [0.3, 0.4) is 0 Å². The zero-order valence-electron chi connectivity index (χ0n) is 21.4. The standard InChI is InChI=1S/C28H39N5O3/c1-32(21-11-15-29-16-12-21)27(35)28(36-23-7-3-2-4-8-23)13-17-33(18-14-28)22-19-25(31-30-20-22)24-9-5-6-10-26(24)34/h5-6,9-10,19-21,23,29,34H,2-4,7-8,11-18H2,1H3. The van der Waals surface area contributed by atoms with Crippen molar-refractivity contribution < 1.29 is 14.6 Å². The minimum absolute atomic E-state index is 0.155. The van der Waals surface area contributed by atoms with Gasteiger partial charge in [0.2, 0.25) is 0 Å². The molecule has 2 saturated heterocycles. The summed E-state index contributed by atoms with van der Waals surface area (Å²) in [5.74, 6) is 0.344. The summed E-state index contributed by atoms with van der Waals surface area (Å²) in [5.41, 5.74) is 1.49. The van der Waals surface area contributed by atoms with Crippen LogP contribution in [0.25, 0.3) is 11.3 Å². The van der Waals surface area contributed by atoms with Gasteiger partial charge in [0.05, 0.1) is 23.7 Å². The Hall–Kier alpha value is -2.71. The van der Waals surface area contributed by atoms with Gasteiger partial charge in [-0.15, -0.1) is 0 Å². The van der Waals surface area contributed by atoms with Gasteiger partial charge in [0.15, 0.2) is 5.60 Å². The number of amides is 1. The first-order valence-corrected chi connectivity index (χ1v) is 13.6. The average Bonchev–Trinajstić information content (AvgIpc) is 2.94. The number of phenolic OH excluding ortho intramolecular Hbond substituents is 1. The summed E-state index contributed by atoms with van der Waals surface area (Å²) in [6.07, 6.45) is 11.0. The van der Waals surface area contributed by atoms with Crippen molar-refractivity contribution in [2.24, 2.45) is 0 Å². The van der Waals surface area contributed by atoms with E-state index in [4.69, 9.17) is 4.74 Å². The van der Waals surface area contributed by atoms with Crippen molar-refractivity contribution in [3.63, 3.8) is 0 Å². The second-order valence-corrected chi connectivity index (χ2v) is 10.6. The third-order valence-electron chi connectivity index (χ3n) is 8.27. The van der Waals surface area contributed by atoms with Gasteiger partial charge in [0.25, 0.3) is 5.91 Å². The number of nitrogens with one attached hydrogen (secondary N) is 1. The van der Waals surface area contributed by atoms with Gasteiger partial charge < -0.3 is 25.0 Å². The number of aromatic hydroxyl groups is 1. The number of para-hydroxylation sites is 1. The molecule has 3 aliphatic rings. The summed E-state index contributed by atoms with van der Waals surface area (Å²) in [6.45, 7) is 3.34. The molecule has 1 saturated carbocycles. The second-order valence-electron chi connectivity index (χ2n) is 10.6. The Morgan fingerprint density at radius 2 is 1.83 bits per heavy atom. The van der Waals surface area contributed by atoms with Crippen LogP contribution in [-0.2, 0) is 9.53 Å². The number of hydrogen-bond acceptors (Lipinski definition) is 7. The smallest absolute Gasteiger partial charge is 0.254 e. The van der Waals surface area contributed by atoms with E-state index < -0.39 is 5.60 Å². The minimum Gasteiger partial charge on any atom is -0.507 e. The number of piperidine rings is 2. The van der Waals surface area contributed by atoms with Crippen LogP contribution in [0.15, 0.2) is 36.5 Å². The van der Waals surface area contributed by atoms with Gasteiger partial charge >= 0.3 is 0 Å². The fourth-order valence-corrected chi connectivity index (χ4v) is 6.04. The first-order valence-electron chi connectivity index (χ1n) is 13.6. The Balaban J connectivity index is 1.34. The number of benzene rings is 1. The highest BCUT2D eigenvalue weighted by Crippen LogP contribution is 2.37. The summed E-state index contributed by atoms with van der Waals surface area (Å²) >= 11 is 0. The number of likely N-dealkylation sites (N-methyl/N-ethyl adjacent to an activating group) is 1. The topological polar surface area (TPSA) is 90.8 Å². The number of carbonyl (C=O) groups is 1. The molecule has 8 nitrogen and oxygen atoms in total. The van der Waals surface area contributed by atoms with Crippen LogP contribution in [0, 0.1) is 0 Å². The number of phenols is 1. The van der Waals surface area contributed by atoms with Gasteiger partial charge in [-0.3, -0.25) is 4.79 Å². The first kappa shape index (κ1) is 25.0. The molecule has 3 heterocycles. The zero-order valence-corrected chi connectivity index (χ0v) is 21.4. The van der Waals surface area contributed by atoms with Crippen molar-refractivity contribution >= 4 is 11.6 Å². The average molecular weight is 494 g/mol. The van der Waals surface area contributed by atoms with Crippen LogP contribution in [-0.4, -0.2) is 77.1 Å². The highest BCUT2D eigenvalue weighted by molar-refractivity contribution is 5.86. The molecule has 1 aromatic carbocycles. The lowest BCUT2D eigenvalue weighted by Gasteiger charge is -2.46. The molecule has 0 radical (unpaired) electrons. The second kappa shape index (κ2) is 11.1. The van der Waals surface area contributed by atoms with E-state index in [0.717, 1.165) is 44.5 Å². The van der Waals surface area contributed by atoms with E-state index >= 15 is 0 Å². The number of aromatic nitrogens is 2. The van der Waals surface area contributed by atoms with Gasteiger partial charge in [-0.25, -0.2) is 0 Å². The van der Waals surface area contributed by atoms with Crippen LogP contribution in [0.2, 0.25) is 0 Å². The van der Waals surface area contributed by atoms with Gasteiger partial charge in [-0.05, 0) is 57.0 Å². The van der Waals surface area contributed by atoms with Crippen molar-refractivity contribution in [1.29, 1.82) is 0 Å². The maximum absolute atomic E-state index is 14.0. The fraction of sp³-hybridized carbons (Fsp3) is 0.607. The molecule has 2 N–H and O–H groups in total. The van der Waals surface area contributed by atoms with E-state index in [9.17, 15) is 9.90 Å². The molecule has 1 amide bonds. The lowest BCUT2D eigenvalue weighted by atomic mass is 9.87. The van der Waals surface area contributed by atoms with E-state index in [1.165, 1.54) is 19.3 Å². The lowest BCUT2D eigenvalue weighted by molar-refractivity contribution is -0.174. The number of ether oxygens (including phenoxy) is 1. The summed E-state index contributed by atoms with van der Waals surface area (Å²) in [5, 5.41) is 22.1. The fourth-order valence-electron chi connectivity index (χ4n) is 6.04. The SMILES string of the molecule is CN(C(=O)C1(OC2CCCCC2)CCN(c2cnnc(-c3ccccc3O)c2)CC1)C1CCNCC1. The number of anilines is 1. The lowest BCUT2D eigenvalue weighted by Crippen LogP contribution is -2.59. The maximum atomic E-state index is 14.0. The van der Waals surface area contributed by atoms with Crippen LogP contribution in [0.1, 0.15) is 57.8 Å². The van der Waals surface area contributed by atoms with Crippen molar-refractivity contribution in [3.05, 3.63) is 36.5 Å². The molecular weight excluding hydrogens is 454 g/mol. The predicted molar refractivity (Wildman–Crippen MR) is 140 cm³/mol. The van der Waals surface area contributed by atoms with Crippen LogP contribution in [0.4, 0.5) is 5.69 Å². The number of carbonyl (C=O) groups excluding carboxylic acids is 1. The monoisotopic (exact) mass is 493 g/mol. The zero-order chi connectivity index (χ0) is 25.0. The molecule has 0 bridgehead atoms. The van der Waals surface area contributed by atoms with E-state index in [1.807, 2.05) is 30.1 Å². The molecule has 1 aliphatic carbocycles. The van der Waals surface area contributed by atoms with E-state index in [2.05, 4.69) is 20.4 Å². The van der Waals surface area contributed by atoms with Crippen LogP contribution in [0.5, 0.6) is 5.75 Å². The van der Waals surface area contributed by atoms with E-state index in [1.54, 1.807) is 18.3 Å². The molecule has 194 valence electrons. The normalized spacial score (nSPS) is 21.3. The summed E-state index contributed by atoms with van der Waals surface area (Å²) in [4.78, 5) is 18.3. The molecule has 8 heteroatoms. The Bertz CT molecular complexity index is 1030. The highest BCUT2D eigenvalue weighted by Gasteiger charge is 2.47. The quantitative estimate of drug-likeness (QED) is 0.633. The minimum atomic E-state index is -0.765. The molecule has 0 atom stereocenters. The molecule has 0 spiro atoms. The van der Waals surface area contributed by atoms with Crippen molar-refractivity contribution in [2.45, 2.75) is 75.5 Å². The molecule has 36 heavy (non-hydrogen) atoms. The molecule has 1 aromatic heterocycles. The van der Waals surface area contributed by atoms with Gasteiger partial charge in [-0.1, -0.05) is 31.4 Å². The maximum Gasteiger partial charge on any atom is 0.254 e. The number of hydrogen-bond donors (Lipinski definition) is 2. The Morgan fingerprint density at radius 1 is 1.11 bits per heavy atom. The Labute approximate surface area is 214 Å². The van der Waals surface area contributed by atoms with Gasteiger partial charge in [0, 0.05) is 44.6 Å². The summed E-state index contributed by atoms with van der Waals surface area (Å²) in [6, 6.07) is 9.43. The third kappa shape index (κ3) is 5.34. The number of nitrogens with zero attached hydrogens (tertiary/aromatic N) is 4. The third-order valence-corrected chi connectivity index (χ3v) is 8.27. The van der Waals surface area contributed by atoms with Gasteiger partial charge in [-0.2, -0.15) is 10.2 Å². The first-order chi connectivity index (χ1) is 17.6.